The number of fused-ring (bicyclic) bond motifs is 1. The number of benzene rings is 1. The van der Waals surface area contributed by atoms with Gasteiger partial charge in [-0.05, 0) is 26.0 Å². The van der Waals surface area contributed by atoms with E-state index in [1.54, 1.807) is 0 Å². The van der Waals surface area contributed by atoms with Crippen molar-refractivity contribution < 1.29 is 0 Å². The molecule has 0 amide bonds. The first-order chi connectivity index (χ1) is 8.63. The summed E-state index contributed by atoms with van der Waals surface area (Å²) in [5.41, 5.74) is 10.5. The van der Waals surface area contributed by atoms with Gasteiger partial charge in [0.25, 0.3) is 0 Å². The van der Waals surface area contributed by atoms with Gasteiger partial charge in [0.05, 0.1) is 0 Å². The highest BCUT2D eigenvalue weighted by Gasteiger charge is 2.09. The molecule has 90 valence electrons. The SMILES string of the molecule is Cc1cc(C)cc(-c2nc3ncnc(N)c3[nH]2)c1. The summed E-state index contributed by atoms with van der Waals surface area (Å²) in [6, 6.07) is 6.28. The summed E-state index contributed by atoms with van der Waals surface area (Å²) >= 11 is 0. The summed E-state index contributed by atoms with van der Waals surface area (Å²) in [6.07, 6.45) is 1.42. The van der Waals surface area contributed by atoms with Gasteiger partial charge >= 0.3 is 0 Å². The number of hydrogen-bond donors (Lipinski definition) is 2. The third kappa shape index (κ3) is 1.69. The number of imidazole rings is 1. The topological polar surface area (TPSA) is 80.5 Å². The quantitative estimate of drug-likeness (QED) is 0.682. The highest BCUT2D eigenvalue weighted by molar-refractivity contribution is 5.84. The van der Waals surface area contributed by atoms with Gasteiger partial charge in [0, 0.05) is 5.56 Å². The van der Waals surface area contributed by atoms with Gasteiger partial charge in [0.1, 0.15) is 17.7 Å². The minimum atomic E-state index is 0.420. The average Bonchev–Trinajstić information content (AvgIpc) is 2.73. The van der Waals surface area contributed by atoms with E-state index in [-0.39, 0.29) is 0 Å². The molecule has 0 radical (unpaired) electrons. The second-order valence-electron chi connectivity index (χ2n) is 4.42. The molecule has 3 aromatic rings. The number of anilines is 1. The summed E-state index contributed by atoms with van der Waals surface area (Å²) in [7, 11) is 0. The molecule has 2 heterocycles. The zero-order valence-corrected chi connectivity index (χ0v) is 10.2. The van der Waals surface area contributed by atoms with Crippen molar-refractivity contribution in [3.63, 3.8) is 0 Å². The molecule has 0 fully saturated rings. The van der Waals surface area contributed by atoms with Crippen LogP contribution in [0.3, 0.4) is 0 Å². The van der Waals surface area contributed by atoms with E-state index in [1.807, 2.05) is 0 Å². The van der Waals surface area contributed by atoms with Crippen LogP contribution in [0.4, 0.5) is 5.82 Å². The number of aryl methyl sites for hydroxylation is 2. The molecule has 5 nitrogen and oxygen atoms in total. The summed E-state index contributed by atoms with van der Waals surface area (Å²) in [5, 5.41) is 0. The van der Waals surface area contributed by atoms with Crippen LogP contribution < -0.4 is 5.73 Å². The predicted molar refractivity (Wildman–Crippen MR) is 71.0 cm³/mol. The molecule has 0 atom stereocenters. The third-order valence-electron chi connectivity index (χ3n) is 2.81. The number of hydrogen-bond acceptors (Lipinski definition) is 4. The smallest absolute Gasteiger partial charge is 0.183 e. The molecular formula is C13H13N5. The monoisotopic (exact) mass is 239 g/mol. The molecule has 0 saturated heterocycles. The Bertz CT molecular complexity index is 709. The summed E-state index contributed by atoms with van der Waals surface area (Å²) < 4.78 is 0. The van der Waals surface area contributed by atoms with Gasteiger partial charge in [0.15, 0.2) is 11.5 Å². The van der Waals surface area contributed by atoms with Crippen molar-refractivity contribution in [1.29, 1.82) is 0 Å². The highest BCUT2D eigenvalue weighted by atomic mass is 15.0. The molecule has 3 rings (SSSR count). The lowest BCUT2D eigenvalue weighted by Gasteiger charge is -2.01. The first-order valence-electron chi connectivity index (χ1n) is 5.68. The fourth-order valence-electron chi connectivity index (χ4n) is 2.09. The van der Waals surface area contributed by atoms with Crippen LogP contribution in [0.2, 0.25) is 0 Å². The van der Waals surface area contributed by atoms with Crippen LogP contribution in [0.25, 0.3) is 22.6 Å². The molecule has 0 aliphatic carbocycles. The largest absolute Gasteiger partial charge is 0.382 e. The van der Waals surface area contributed by atoms with E-state index in [9.17, 15) is 0 Å². The van der Waals surface area contributed by atoms with E-state index >= 15 is 0 Å². The summed E-state index contributed by atoms with van der Waals surface area (Å²) in [5.74, 6) is 1.19. The number of nitrogens with zero attached hydrogens (tertiary/aromatic N) is 3. The lowest BCUT2D eigenvalue weighted by Crippen LogP contribution is -1.91. The lowest BCUT2D eigenvalue weighted by molar-refractivity contribution is 1.21. The Morgan fingerprint density at radius 2 is 1.78 bits per heavy atom. The Morgan fingerprint density at radius 3 is 2.44 bits per heavy atom. The fourth-order valence-corrected chi connectivity index (χ4v) is 2.09. The summed E-state index contributed by atoms with van der Waals surface area (Å²) in [4.78, 5) is 15.7. The number of rotatable bonds is 1. The van der Waals surface area contributed by atoms with Gasteiger partial charge in [0.2, 0.25) is 0 Å². The van der Waals surface area contributed by atoms with Crippen molar-refractivity contribution in [3.8, 4) is 11.4 Å². The van der Waals surface area contributed by atoms with E-state index in [0.29, 0.717) is 17.0 Å². The van der Waals surface area contributed by atoms with Crippen molar-refractivity contribution in [2.24, 2.45) is 0 Å². The van der Waals surface area contributed by atoms with E-state index in [4.69, 9.17) is 5.73 Å². The van der Waals surface area contributed by atoms with Gasteiger partial charge in [-0.1, -0.05) is 17.2 Å². The Hall–Kier alpha value is -2.43. The van der Waals surface area contributed by atoms with Crippen molar-refractivity contribution in [2.75, 3.05) is 5.73 Å². The molecule has 2 aromatic heterocycles. The Morgan fingerprint density at radius 1 is 1.06 bits per heavy atom. The van der Waals surface area contributed by atoms with Gasteiger partial charge in [-0.3, -0.25) is 0 Å². The first kappa shape index (κ1) is 10.7. The van der Waals surface area contributed by atoms with Crippen LogP contribution in [0.1, 0.15) is 11.1 Å². The maximum atomic E-state index is 5.79. The molecular weight excluding hydrogens is 226 g/mol. The molecule has 0 unspecified atom stereocenters. The van der Waals surface area contributed by atoms with Crippen LogP contribution in [0.15, 0.2) is 24.5 Å². The fraction of sp³-hybridized carbons (Fsp3) is 0.154. The molecule has 0 spiro atoms. The first-order valence-corrected chi connectivity index (χ1v) is 5.68. The minimum absolute atomic E-state index is 0.420. The minimum Gasteiger partial charge on any atom is -0.382 e. The van der Waals surface area contributed by atoms with Gasteiger partial charge in [-0.25, -0.2) is 15.0 Å². The number of aromatic nitrogens is 4. The molecule has 18 heavy (non-hydrogen) atoms. The Kier molecular flexibility index (Phi) is 2.26. The number of nitrogens with one attached hydrogen (secondary N) is 1. The van der Waals surface area contributed by atoms with E-state index < -0.39 is 0 Å². The van der Waals surface area contributed by atoms with E-state index in [1.165, 1.54) is 17.5 Å². The highest BCUT2D eigenvalue weighted by Crippen LogP contribution is 2.23. The zero-order chi connectivity index (χ0) is 12.7. The molecule has 0 saturated carbocycles. The second kappa shape index (κ2) is 3.80. The molecule has 3 N–H and O–H groups in total. The molecule has 0 aliphatic heterocycles. The zero-order valence-electron chi connectivity index (χ0n) is 10.2. The van der Waals surface area contributed by atoms with Crippen molar-refractivity contribution in [1.82, 2.24) is 19.9 Å². The van der Waals surface area contributed by atoms with Crippen molar-refractivity contribution in [2.45, 2.75) is 13.8 Å². The van der Waals surface area contributed by atoms with Crippen molar-refractivity contribution >= 4 is 17.0 Å². The van der Waals surface area contributed by atoms with E-state index in [0.717, 1.165) is 11.4 Å². The average molecular weight is 239 g/mol. The third-order valence-corrected chi connectivity index (χ3v) is 2.81. The van der Waals surface area contributed by atoms with Crippen LogP contribution in [0, 0.1) is 13.8 Å². The second-order valence-corrected chi connectivity index (χ2v) is 4.42. The van der Waals surface area contributed by atoms with Crippen LogP contribution >= 0.6 is 0 Å². The molecule has 1 aromatic carbocycles. The number of aromatic amines is 1. The Balaban J connectivity index is 2.22. The maximum Gasteiger partial charge on any atom is 0.183 e. The van der Waals surface area contributed by atoms with Crippen LogP contribution in [-0.2, 0) is 0 Å². The number of H-pyrrole nitrogens is 1. The standard InChI is InChI=1S/C13H13N5/c1-7-3-8(2)5-9(4-7)12-17-10-11(14)15-6-16-13(10)18-12/h3-6H,1-2H3,(H3,14,15,16,17,18). The molecule has 0 bridgehead atoms. The maximum absolute atomic E-state index is 5.79. The van der Waals surface area contributed by atoms with E-state index in [2.05, 4.69) is 52.0 Å². The molecule has 5 heteroatoms. The van der Waals surface area contributed by atoms with Crippen LogP contribution in [-0.4, -0.2) is 19.9 Å². The molecule has 0 aliphatic rings. The van der Waals surface area contributed by atoms with Gasteiger partial charge < -0.3 is 10.7 Å². The normalized spacial score (nSPS) is 11.0. The van der Waals surface area contributed by atoms with Gasteiger partial charge in [-0.2, -0.15) is 0 Å². The number of nitrogens with two attached hydrogens (primary N) is 1. The lowest BCUT2D eigenvalue weighted by atomic mass is 10.1. The number of nitrogen functional groups attached to an aromatic ring is 1. The van der Waals surface area contributed by atoms with Crippen molar-refractivity contribution in [3.05, 3.63) is 35.7 Å². The van der Waals surface area contributed by atoms with Crippen LogP contribution in [0.5, 0.6) is 0 Å². The predicted octanol–water partition coefficient (Wildman–Crippen LogP) is 2.22. The van der Waals surface area contributed by atoms with Gasteiger partial charge in [-0.15, -0.1) is 0 Å². The Labute approximate surface area is 104 Å². The summed E-state index contributed by atoms with van der Waals surface area (Å²) in [6.45, 7) is 4.13.